The van der Waals surface area contributed by atoms with Crippen molar-refractivity contribution < 1.29 is 0 Å². The summed E-state index contributed by atoms with van der Waals surface area (Å²) in [6, 6.07) is 40.7. The van der Waals surface area contributed by atoms with Crippen LogP contribution in [0.2, 0.25) is 0 Å². The number of aryl methyl sites for hydroxylation is 2. The van der Waals surface area contributed by atoms with Crippen LogP contribution in [0.5, 0.6) is 0 Å². The van der Waals surface area contributed by atoms with Gasteiger partial charge in [-0.15, -0.1) is 0 Å². The lowest BCUT2D eigenvalue weighted by atomic mass is 9.82. The standard InChI is InChI=1S/C36H26.C2H6/c1-3-12-23(13-4-1)32-28-18-9-10-19-29(28)33(24-14-5-2-6-15-24)36-31-22-25-16-7-8-17-26(25)27-20-11-21-30(34(27)31)35(32)36;1-2/h1-6,9-15,18-22H,7-8,16-17H2;1-2H3. The molecule has 0 radical (unpaired) electrons. The molecule has 0 aromatic heterocycles. The summed E-state index contributed by atoms with van der Waals surface area (Å²) in [6.45, 7) is 4.00. The topological polar surface area (TPSA) is 0 Å². The van der Waals surface area contributed by atoms with Gasteiger partial charge in [0.1, 0.15) is 0 Å². The summed E-state index contributed by atoms with van der Waals surface area (Å²) in [4.78, 5) is 0. The van der Waals surface area contributed by atoms with Crippen molar-refractivity contribution in [2.24, 2.45) is 0 Å². The van der Waals surface area contributed by atoms with E-state index in [9.17, 15) is 0 Å². The van der Waals surface area contributed by atoms with Gasteiger partial charge in [-0.1, -0.05) is 123 Å². The van der Waals surface area contributed by atoms with Gasteiger partial charge in [0, 0.05) is 0 Å². The first-order valence-corrected chi connectivity index (χ1v) is 14.2. The second-order valence-electron chi connectivity index (χ2n) is 10.3. The van der Waals surface area contributed by atoms with Crippen LogP contribution in [0.25, 0.3) is 66.1 Å². The Bertz CT molecular complexity index is 1810. The number of benzene rings is 6. The van der Waals surface area contributed by atoms with E-state index in [0.29, 0.717) is 0 Å². The quantitative estimate of drug-likeness (QED) is 0.227. The zero-order valence-corrected chi connectivity index (χ0v) is 22.2. The lowest BCUT2D eigenvalue weighted by molar-refractivity contribution is 0.690. The number of rotatable bonds is 2. The van der Waals surface area contributed by atoms with Crippen molar-refractivity contribution in [1.29, 1.82) is 0 Å². The van der Waals surface area contributed by atoms with Crippen LogP contribution in [0.15, 0.2) is 109 Å². The summed E-state index contributed by atoms with van der Waals surface area (Å²) < 4.78 is 0. The molecule has 0 aliphatic heterocycles. The predicted molar refractivity (Wildman–Crippen MR) is 165 cm³/mol. The van der Waals surface area contributed by atoms with Gasteiger partial charge < -0.3 is 0 Å². The Labute approximate surface area is 225 Å². The van der Waals surface area contributed by atoms with Crippen LogP contribution in [0.1, 0.15) is 37.8 Å². The van der Waals surface area contributed by atoms with E-state index in [2.05, 4.69) is 109 Å². The molecule has 0 bridgehead atoms. The smallest absolute Gasteiger partial charge is 0.000731 e. The maximum atomic E-state index is 2.56. The van der Waals surface area contributed by atoms with Gasteiger partial charge >= 0.3 is 0 Å². The zero-order valence-electron chi connectivity index (χ0n) is 22.2. The summed E-state index contributed by atoms with van der Waals surface area (Å²) in [5.41, 5.74) is 14.1. The highest BCUT2D eigenvalue weighted by Gasteiger charge is 2.32. The average molecular weight is 489 g/mol. The summed E-state index contributed by atoms with van der Waals surface area (Å²) in [5.74, 6) is 0. The van der Waals surface area contributed by atoms with Crippen LogP contribution in [-0.2, 0) is 12.8 Å². The van der Waals surface area contributed by atoms with Crippen molar-refractivity contribution in [3.63, 3.8) is 0 Å². The molecule has 184 valence electrons. The van der Waals surface area contributed by atoms with Crippen molar-refractivity contribution in [3.05, 3.63) is 120 Å². The van der Waals surface area contributed by atoms with Crippen LogP contribution in [0.4, 0.5) is 0 Å². The van der Waals surface area contributed by atoms with E-state index in [1.54, 1.807) is 11.1 Å². The predicted octanol–water partition coefficient (Wildman–Crippen LogP) is 10.9. The van der Waals surface area contributed by atoms with Crippen LogP contribution in [0, 0.1) is 0 Å². The Balaban J connectivity index is 0.00000118. The molecule has 0 spiro atoms. The third-order valence-corrected chi connectivity index (χ3v) is 8.37. The number of hydrogen-bond acceptors (Lipinski definition) is 0. The lowest BCUT2D eigenvalue weighted by Crippen LogP contribution is -2.03. The Morgan fingerprint density at radius 2 is 0.974 bits per heavy atom. The van der Waals surface area contributed by atoms with Crippen molar-refractivity contribution >= 4 is 21.5 Å². The van der Waals surface area contributed by atoms with Crippen LogP contribution < -0.4 is 0 Å². The average Bonchev–Trinajstić information content (AvgIpc) is 3.32. The monoisotopic (exact) mass is 488 g/mol. The first kappa shape index (κ1) is 23.0. The van der Waals surface area contributed by atoms with Gasteiger partial charge in [-0.25, -0.2) is 0 Å². The fourth-order valence-corrected chi connectivity index (χ4v) is 6.93. The van der Waals surface area contributed by atoms with Crippen molar-refractivity contribution in [2.45, 2.75) is 39.5 Å². The van der Waals surface area contributed by atoms with Crippen molar-refractivity contribution in [2.75, 3.05) is 0 Å². The van der Waals surface area contributed by atoms with E-state index in [1.165, 1.54) is 91.7 Å². The van der Waals surface area contributed by atoms with Crippen LogP contribution in [0.3, 0.4) is 0 Å². The molecule has 0 saturated heterocycles. The van der Waals surface area contributed by atoms with E-state index in [4.69, 9.17) is 0 Å². The minimum atomic E-state index is 1.19. The molecule has 0 heterocycles. The summed E-state index contributed by atoms with van der Waals surface area (Å²) >= 11 is 0. The van der Waals surface area contributed by atoms with Gasteiger partial charge in [-0.3, -0.25) is 0 Å². The Hall–Kier alpha value is -4.16. The summed E-state index contributed by atoms with van der Waals surface area (Å²) in [5, 5.41) is 5.59. The third kappa shape index (κ3) is 3.30. The molecule has 0 amide bonds. The fraction of sp³-hybridized carbons (Fsp3) is 0.158. The molecule has 2 aliphatic carbocycles. The van der Waals surface area contributed by atoms with Gasteiger partial charge in [0.05, 0.1) is 0 Å². The van der Waals surface area contributed by atoms with Crippen molar-refractivity contribution in [1.82, 2.24) is 0 Å². The lowest BCUT2D eigenvalue weighted by Gasteiger charge is -2.21. The highest BCUT2D eigenvalue weighted by atomic mass is 14.3. The normalized spacial score (nSPS) is 13.1. The van der Waals surface area contributed by atoms with E-state index >= 15 is 0 Å². The maximum Gasteiger partial charge on any atom is -0.000731 e. The minimum absolute atomic E-state index is 1.19. The molecule has 0 heteroatoms. The molecule has 0 saturated carbocycles. The molecule has 6 aromatic carbocycles. The molecular formula is C38H32. The molecule has 0 N–H and O–H groups in total. The first-order chi connectivity index (χ1) is 18.9. The molecular weight excluding hydrogens is 456 g/mol. The number of hydrogen-bond donors (Lipinski definition) is 0. The maximum absolute atomic E-state index is 2.56. The molecule has 0 atom stereocenters. The van der Waals surface area contributed by atoms with E-state index in [-0.39, 0.29) is 0 Å². The van der Waals surface area contributed by atoms with Gasteiger partial charge in [-0.05, 0) is 103 Å². The number of fused-ring (bicyclic) bond motifs is 6. The highest BCUT2D eigenvalue weighted by molar-refractivity contribution is 6.28. The van der Waals surface area contributed by atoms with Gasteiger partial charge in [0.15, 0.2) is 0 Å². The second kappa shape index (κ2) is 9.30. The van der Waals surface area contributed by atoms with Gasteiger partial charge in [0.2, 0.25) is 0 Å². The second-order valence-corrected chi connectivity index (χ2v) is 10.3. The SMILES string of the molecule is CC.c1ccc(-c2c3c(c(-c4ccccc4)c4ccccc24)-c2cc4c(c5cccc-3c25)CCCC4)cc1. The Morgan fingerprint density at radius 1 is 0.447 bits per heavy atom. The molecule has 8 rings (SSSR count). The fourth-order valence-electron chi connectivity index (χ4n) is 6.93. The Morgan fingerprint density at radius 3 is 1.61 bits per heavy atom. The van der Waals surface area contributed by atoms with Gasteiger partial charge in [-0.2, -0.15) is 0 Å². The van der Waals surface area contributed by atoms with E-state index in [1.807, 2.05) is 13.8 Å². The molecule has 0 fully saturated rings. The molecule has 0 nitrogen and oxygen atoms in total. The van der Waals surface area contributed by atoms with E-state index < -0.39 is 0 Å². The molecule has 6 aromatic rings. The largest absolute Gasteiger partial charge is 0.0683 e. The van der Waals surface area contributed by atoms with Crippen molar-refractivity contribution in [3.8, 4) is 44.5 Å². The summed E-state index contributed by atoms with van der Waals surface area (Å²) in [6.07, 6.45) is 4.98. The van der Waals surface area contributed by atoms with E-state index in [0.717, 1.165) is 0 Å². The molecule has 38 heavy (non-hydrogen) atoms. The molecule has 2 aliphatic rings. The summed E-state index contributed by atoms with van der Waals surface area (Å²) in [7, 11) is 0. The zero-order chi connectivity index (χ0) is 25.6. The van der Waals surface area contributed by atoms with Crippen LogP contribution >= 0.6 is 0 Å². The minimum Gasteiger partial charge on any atom is -0.0683 e. The Kier molecular flexibility index (Phi) is 5.63. The third-order valence-electron chi connectivity index (χ3n) is 8.37. The van der Waals surface area contributed by atoms with Gasteiger partial charge in [0.25, 0.3) is 0 Å². The highest BCUT2D eigenvalue weighted by Crippen LogP contribution is 2.58. The van der Waals surface area contributed by atoms with Crippen LogP contribution in [-0.4, -0.2) is 0 Å². The molecule has 0 unspecified atom stereocenters. The first-order valence-electron chi connectivity index (χ1n) is 14.2.